The predicted octanol–water partition coefficient (Wildman–Crippen LogP) is 0.631. The summed E-state index contributed by atoms with van der Waals surface area (Å²) in [6.07, 6.45) is 4.95. The van der Waals surface area contributed by atoms with Crippen LogP contribution in [0.1, 0.15) is 25.7 Å². The second kappa shape index (κ2) is 2.72. The normalized spacial score (nSPS) is 31.9. The van der Waals surface area contributed by atoms with Gasteiger partial charge in [-0.15, -0.1) is 0 Å². The van der Waals surface area contributed by atoms with Gasteiger partial charge in [-0.25, -0.2) is 4.79 Å². The SMILES string of the molecule is O=C1NC(=O)C(C(C2CC2)C2CC2)N1. The van der Waals surface area contributed by atoms with E-state index in [1.165, 1.54) is 25.7 Å². The Bertz CT molecular complexity index is 282. The maximum absolute atomic E-state index is 11.5. The molecule has 0 radical (unpaired) electrons. The van der Waals surface area contributed by atoms with E-state index in [9.17, 15) is 9.59 Å². The number of amides is 3. The smallest absolute Gasteiger partial charge is 0.322 e. The van der Waals surface area contributed by atoms with Crippen molar-refractivity contribution in [1.29, 1.82) is 0 Å². The predicted molar refractivity (Wildman–Crippen MR) is 49.4 cm³/mol. The summed E-state index contributed by atoms with van der Waals surface area (Å²) in [6, 6.07) is -0.547. The van der Waals surface area contributed by atoms with Crippen molar-refractivity contribution in [2.75, 3.05) is 0 Å². The number of urea groups is 1. The summed E-state index contributed by atoms with van der Waals surface area (Å²) in [7, 11) is 0. The molecule has 3 rings (SSSR count). The van der Waals surface area contributed by atoms with E-state index >= 15 is 0 Å². The summed E-state index contributed by atoms with van der Waals surface area (Å²) in [5.74, 6) is 1.69. The molecule has 2 N–H and O–H groups in total. The van der Waals surface area contributed by atoms with E-state index < -0.39 is 0 Å². The van der Waals surface area contributed by atoms with Crippen molar-refractivity contribution in [2.45, 2.75) is 31.7 Å². The van der Waals surface area contributed by atoms with Gasteiger partial charge in [0.25, 0.3) is 5.91 Å². The van der Waals surface area contributed by atoms with Gasteiger partial charge in [0.05, 0.1) is 0 Å². The van der Waals surface area contributed by atoms with Crippen LogP contribution in [0.15, 0.2) is 0 Å². The zero-order chi connectivity index (χ0) is 9.71. The molecule has 2 saturated carbocycles. The van der Waals surface area contributed by atoms with Crippen molar-refractivity contribution in [3.05, 3.63) is 0 Å². The fourth-order valence-electron chi connectivity index (χ4n) is 2.60. The van der Waals surface area contributed by atoms with Gasteiger partial charge in [-0.2, -0.15) is 0 Å². The minimum Gasteiger partial charge on any atom is -0.326 e. The van der Waals surface area contributed by atoms with Gasteiger partial charge in [0.1, 0.15) is 6.04 Å². The highest BCUT2D eigenvalue weighted by atomic mass is 16.2. The van der Waals surface area contributed by atoms with Crippen LogP contribution in [0.25, 0.3) is 0 Å². The highest BCUT2D eigenvalue weighted by molar-refractivity contribution is 6.04. The molecule has 76 valence electrons. The van der Waals surface area contributed by atoms with Gasteiger partial charge in [-0.3, -0.25) is 10.1 Å². The molecule has 1 aliphatic heterocycles. The van der Waals surface area contributed by atoms with Gasteiger partial charge in [-0.1, -0.05) is 0 Å². The Labute approximate surface area is 82.4 Å². The van der Waals surface area contributed by atoms with Gasteiger partial charge in [-0.05, 0) is 43.4 Å². The first kappa shape index (κ1) is 8.26. The summed E-state index contributed by atoms with van der Waals surface area (Å²) in [6.45, 7) is 0. The zero-order valence-electron chi connectivity index (χ0n) is 7.95. The van der Waals surface area contributed by atoms with Crippen LogP contribution in [-0.4, -0.2) is 18.0 Å². The Balaban J connectivity index is 1.77. The molecule has 1 saturated heterocycles. The summed E-state index contributed by atoms with van der Waals surface area (Å²) < 4.78 is 0. The Hall–Kier alpha value is -1.06. The van der Waals surface area contributed by atoms with Gasteiger partial charge in [0.2, 0.25) is 0 Å². The molecule has 14 heavy (non-hydrogen) atoms. The van der Waals surface area contributed by atoms with Gasteiger partial charge in [0, 0.05) is 0 Å². The lowest BCUT2D eigenvalue weighted by molar-refractivity contribution is -0.121. The lowest BCUT2D eigenvalue weighted by Crippen LogP contribution is -2.39. The Morgan fingerprint density at radius 1 is 1.07 bits per heavy atom. The Morgan fingerprint density at radius 3 is 2.00 bits per heavy atom. The number of imide groups is 1. The molecular weight excluding hydrogens is 180 g/mol. The molecule has 0 aromatic rings. The molecule has 4 heteroatoms. The topological polar surface area (TPSA) is 58.2 Å². The van der Waals surface area contributed by atoms with Crippen LogP contribution in [0.3, 0.4) is 0 Å². The monoisotopic (exact) mass is 194 g/mol. The van der Waals surface area contributed by atoms with E-state index in [1.807, 2.05) is 0 Å². The number of rotatable bonds is 3. The van der Waals surface area contributed by atoms with Crippen LogP contribution in [0.2, 0.25) is 0 Å². The molecule has 3 amide bonds. The molecule has 0 aromatic carbocycles. The zero-order valence-corrected chi connectivity index (χ0v) is 7.95. The number of hydrogen-bond acceptors (Lipinski definition) is 2. The first-order chi connectivity index (χ1) is 6.75. The van der Waals surface area contributed by atoms with E-state index in [0.717, 1.165) is 0 Å². The number of carbonyl (C=O) groups is 2. The van der Waals surface area contributed by atoms with Crippen LogP contribution in [0.4, 0.5) is 4.79 Å². The first-order valence-electron chi connectivity index (χ1n) is 5.37. The molecule has 4 nitrogen and oxygen atoms in total. The number of carbonyl (C=O) groups excluding carboxylic acids is 2. The van der Waals surface area contributed by atoms with E-state index in [2.05, 4.69) is 10.6 Å². The highest BCUT2D eigenvalue weighted by Crippen LogP contribution is 2.50. The highest BCUT2D eigenvalue weighted by Gasteiger charge is 2.50. The quantitative estimate of drug-likeness (QED) is 0.647. The second-order valence-electron chi connectivity index (χ2n) is 4.69. The summed E-state index contributed by atoms with van der Waals surface area (Å²) in [4.78, 5) is 22.5. The van der Waals surface area contributed by atoms with Crippen molar-refractivity contribution in [1.82, 2.24) is 10.6 Å². The standard InChI is InChI=1S/C10H14N2O2/c13-9-8(11-10(14)12-9)7(5-1-2-5)6-3-4-6/h5-8H,1-4H2,(H2,11,12,13,14). The van der Waals surface area contributed by atoms with E-state index in [4.69, 9.17) is 0 Å². The molecule has 1 unspecified atom stereocenters. The molecule has 3 fully saturated rings. The van der Waals surface area contributed by atoms with Crippen LogP contribution in [-0.2, 0) is 4.79 Å². The maximum Gasteiger partial charge on any atom is 0.322 e. The molecule has 1 atom stereocenters. The van der Waals surface area contributed by atoms with E-state index in [0.29, 0.717) is 17.8 Å². The van der Waals surface area contributed by atoms with Crippen LogP contribution < -0.4 is 10.6 Å². The van der Waals surface area contributed by atoms with Crippen molar-refractivity contribution in [3.63, 3.8) is 0 Å². The van der Waals surface area contributed by atoms with Crippen LogP contribution in [0, 0.1) is 17.8 Å². The molecule has 2 aliphatic carbocycles. The Morgan fingerprint density at radius 2 is 1.64 bits per heavy atom. The summed E-state index contributed by atoms with van der Waals surface area (Å²) in [5, 5.41) is 5.07. The Kier molecular flexibility index (Phi) is 1.60. The maximum atomic E-state index is 11.5. The largest absolute Gasteiger partial charge is 0.326 e. The number of nitrogens with one attached hydrogen (secondary N) is 2. The number of hydrogen-bond donors (Lipinski definition) is 2. The second-order valence-corrected chi connectivity index (χ2v) is 4.69. The van der Waals surface area contributed by atoms with Gasteiger partial charge in [0.15, 0.2) is 0 Å². The minimum absolute atomic E-state index is 0.112. The average molecular weight is 194 g/mol. The fraction of sp³-hybridized carbons (Fsp3) is 0.800. The van der Waals surface area contributed by atoms with Gasteiger partial charge >= 0.3 is 6.03 Å². The molecular formula is C10H14N2O2. The van der Waals surface area contributed by atoms with Crippen molar-refractivity contribution in [3.8, 4) is 0 Å². The lowest BCUT2D eigenvalue weighted by atomic mass is 9.89. The minimum atomic E-state index is -0.314. The van der Waals surface area contributed by atoms with E-state index in [1.54, 1.807) is 0 Å². The van der Waals surface area contributed by atoms with Gasteiger partial charge < -0.3 is 5.32 Å². The average Bonchev–Trinajstić information content (AvgIpc) is 2.97. The first-order valence-corrected chi connectivity index (χ1v) is 5.37. The molecule has 0 spiro atoms. The molecule has 3 aliphatic rings. The summed E-state index contributed by atoms with van der Waals surface area (Å²) >= 11 is 0. The molecule has 0 bridgehead atoms. The van der Waals surface area contributed by atoms with Crippen LogP contribution in [0.5, 0.6) is 0 Å². The fourth-order valence-corrected chi connectivity index (χ4v) is 2.60. The molecule has 1 heterocycles. The third kappa shape index (κ3) is 1.29. The molecule has 0 aromatic heterocycles. The summed E-state index contributed by atoms with van der Waals surface area (Å²) in [5.41, 5.74) is 0. The van der Waals surface area contributed by atoms with Crippen molar-refractivity contribution < 1.29 is 9.59 Å². The van der Waals surface area contributed by atoms with Crippen molar-refractivity contribution >= 4 is 11.9 Å². The third-order valence-electron chi connectivity index (χ3n) is 3.52. The van der Waals surface area contributed by atoms with E-state index in [-0.39, 0.29) is 18.0 Å². The van der Waals surface area contributed by atoms with Crippen LogP contribution >= 0.6 is 0 Å². The lowest BCUT2D eigenvalue weighted by Gasteiger charge is -2.20. The van der Waals surface area contributed by atoms with Crippen molar-refractivity contribution in [2.24, 2.45) is 17.8 Å². The third-order valence-corrected chi connectivity index (χ3v) is 3.52.